The lowest BCUT2D eigenvalue weighted by Gasteiger charge is -2.16. The molecular formula is C12H12N2O6. The van der Waals surface area contributed by atoms with Crippen molar-refractivity contribution in [2.75, 3.05) is 0 Å². The molecular weight excluding hydrogens is 268 g/mol. The van der Waals surface area contributed by atoms with Gasteiger partial charge < -0.3 is 20.4 Å². The van der Waals surface area contributed by atoms with E-state index in [2.05, 4.69) is 10.2 Å². The fourth-order valence-corrected chi connectivity index (χ4v) is 1.89. The van der Waals surface area contributed by atoms with Crippen LogP contribution in [0.15, 0.2) is 18.2 Å². The molecule has 1 aromatic carbocycles. The van der Waals surface area contributed by atoms with Crippen molar-refractivity contribution in [1.29, 1.82) is 0 Å². The third kappa shape index (κ3) is 2.60. The third-order valence-corrected chi connectivity index (χ3v) is 2.88. The van der Waals surface area contributed by atoms with Crippen LogP contribution in [0.5, 0.6) is 0 Å². The zero-order chi connectivity index (χ0) is 14.9. The van der Waals surface area contributed by atoms with Crippen molar-refractivity contribution in [2.45, 2.75) is 18.6 Å². The highest BCUT2D eigenvalue weighted by atomic mass is 16.4. The van der Waals surface area contributed by atoms with Crippen molar-refractivity contribution in [1.82, 2.24) is 10.2 Å². The Morgan fingerprint density at radius 1 is 1.25 bits per heavy atom. The summed E-state index contributed by atoms with van der Waals surface area (Å²) in [6.45, 7) is 0. The van der Waals surface area contributed by atoms with E-state index in [9.17, 15) is 19.8 Å². The van der Waals surface area contributed by atoms with E-state index in [0.29, 0.717) is 5.52 Å². The molecule has 2 atom stereocenters. The van der Waals surface area contributed by atoms with Gasteiger partial charge in [0.1, 0.15) is 6.10 Å². The first-order valence-corrected chi connectivity index (χ1v) is 5.69. The number of nitrogens with zero attached hydrogens (tertiary/aromatic N) is 1. The fraction of sp³-hybridized carbons (Fsp3) is 0.250. The lowest BCUT2D eigenvalue weighted by molar-refractivity contribution is -0.141. The first kappa shape index (κ1) is 14.0. The summed E-state index contributed by atoms with van der Waals surface area (Å²) in [4.78, 5) is 21.5. The van der Waals surface area contributed by atoms with Crippen LogP contribution in [0.4, 0.5) is 0 Å². The Bertz CT molecular complexity index is 665. The molecule has 1 heterocycles. The molecule has 5 N–H and O–H groups in total. The normalized spacial score (nSPS) is 14.1. The molecule has 8 nitrogen and oxygen atoms in total. The Morgan fingerprint density at radius 2 is 1.95 bits per heavy atom. The number of fused-ring (bicyclic) bond motifs is 1. The first-order valence-electron chi connectivity index (χ1n) is 5.69. The van der Waals surface area contributed by atoms with Crippen LogP contribution in [0.2, 0.25) is 0 Å². The molecule has 2 rings (SSSR count). The van der Waals surface area contributed by atoms with Crippen LogP contribution in [0.1, 0.15) is 28.6 Å². The second-order valence-corrected chi connectivity index (χ2v) is 4.29. The maximum Gasteiger partial charge on any atom is 0.357 e. The summed E-state index contributed by atoms with van der Waals surface area (Å²) in [5, 5.41) is 43.4. The van der Waals surface area contributed by atoms with E-state index in [-0.39, 0.29) is 16.6 Å². The minimum Gasteiger partial charge on any atom is -0.481 e. The van der Waals surface area contributed by atoms with Gasteiger partial charge in [-0.2, -0.15) is 5.10 Å². The number of hydrogen-bond acceptors (Lipinski definition) is 5. The summed E-state index contributed by atoms with van der Waals surface area (Å²) in [5.74, 6) is -2.47. The molecule has 0 saturated carbocycles. The molecule has 0 spiro atoms. The number of aromatic nitrogens is 2. The topological polar surface area (TPSA) is 144 Å². The molecule has 0 radical (unpaired) electrons. The Kier molecular flexibility index (Phi) is 3.68. The minimum absolute atomic E-state index is 0.207. The molecule has 0 aliphatic heterocycles. The summed E-state index contributed by atoms with van der Waals surface area (Å²) in [6, 6.07) is 4.32. The van der Waals surface area contributed by atoms with Crippen LogP contribution in [-0.2, 0) is 4.79 Å². The summed E-state index contributed by atoms with van der Waals surface area (Å²) in [5.41, 5.74) is 0.475. The summed E-state index contributed by atoms with van der Waals surface area (Å²) < 4.78 is 0. The Morgan fingerprint density at radius 3 is 2.55 bits per heavy atom. The van der Waals surface area contributed by atoms with Gasteiger partial charge in [-0.25, -0.2) is 4.79 Å². The van der Waals surface area contributed by atoms with Crippen LogP contribution in [0, 0.1) is 0 Å². The minimum atomic E-state index is -1.48. The molecule has 1 aromatic heterocycles. The molecule has 106 valence electrons. The number of nitrogens with one attached hydrogen (secondary N) is 1. The SMILES string of the molecule is O=C(O)CC(O)C(O)c1ccc2[nH]nc(C(=O)O)c2c1. The van der Waals surface area contributed by atoms with Gasteiger partial charge in [0.2, 0.25) is 0 Å². The lowest BCUT2D eigenvalue weighted by Crippen LogP contribution is -2.21. The molecule has 0 aliphatic rings. The smallest absolute Gasteiger partial charge is 0.357 e. The number of aliphatic hydroxyl groups is 2. The Balaban J connectivity index is 2.37. The van der Waals surface area contributed by atoms with Crippen molar-refractivity contribution < 1.29 is 30.0 Å². The second-order valence-electron chi connectivity index (χ2n) is 4.29. The van der Waals surface area contributed by atoms with Crippen LogP contribution in [0.3, 0.4) is 0 Å². The standard InChI is InChI=1S/C12H12N2O6/c15-8(4-9(16)17)11(18)5-1-2-7-6(3-5)10(12(19)20)14-13-7/h1-3,8,11,15,18H,4H2,(H,13,14)(H,16,17)(H,19,20). The number of aromatic amines is 1. The number of rotatable bonds is 5. The number of aliphatic carboxylic acids is 1. The van der Waals surface area contributed by atoms with E-state index in [0.717, 1.165) is 0 Å². The highest BCUT2D eigenvalue weighted by molar-refractivity contribution is 6.01. The van der Waals surface area contributed by atoms with E-state index in [1.807, 2.05) is 0 Å². The molecule has 0 aliphatic carbocycles. The third-order valence-electron chi connectivity index (χ3n) is 2.88. The number of carboxylic acids is 2. The predicted octanol–water partition coefficient (Wildman–Crippen LogP) is 0.130. The van der Waals surface area contributed by atoms with Gasteiger partial charge in [-0.3, -0.25) is 9.89 Å². The van der Waals surface area contributed by atoms with Crippen LogP contribution in [0.25, 0.3) is 10.9 Å². The average Bonchev–Trinajstić information content (AvgIpc) is 2.79. The van der Waals surface area contributed by atoms with Crippen LogP contribution in [-0.4, -0.2) is 48.7 Å². The molecule has 8 heteroatoms. The maximum atomic E-state index is 11.0. The zero-order valence-corrected chi connectivity index (χ0v) is 10.1. The summed E-state index contributed by atoms with van der Waals surface area (Å²) in [6.07, 6.45) is -3.52. The number of aromatic carboxylic acids is 1. The van der Waals surface area contributed by atoms with Gasteiger partial charge in [0, 0.05) is 5.39 Å². The van der Waals surface area contributed by atoms with E-state index in [1.165, 1.54) is 18.2 Å². The van der Waals surface area contributed by atoms with Gasteiger partial charge in [-0.1, -0.05) is 6.07 Å². The highest BCUT2D eigenvalue weighted by Gasteiger charge is 2.22. The number of aliphatic hydroxyl groups excluding tert-OH is 2. The maximum absolute atomic E-state index is 11.0. The van der Waals surface area contributed by atoms with Crippen LogP contribution < -0.4 is 0 Å². The fourth-order valence-electron chi connectivity index (χ4n) is 1.89. The average molecular weight is 280 g/mol. The van der Waals surface area contributed by atoms with E-state index in [1.54, 1.807) is 0 Å². The highest BCUT2D eigenvalue weighted by Crippen LogP contribution is 2.24. The van der Waals surface area contributed by atoms with E-state index < -0.39 is 30.6 Å². The zero-order valence-electron chi connectivity index (χ0n) is 10.1. The lowest BCUT2D eigenvalue weighted by atomic mass is 10.00. The predicted molar refractivity (Wildman–Crippen MR) is 66.3 cm³/mol. The van der Waals surface area contributed by atoms with Crippen molar-refractivity contribution in [3.8, 4) is 0 Å². The van der Waals surface area contributed by atoms with Crippen molar-refractivity contribution in [2.24, 2.45) is 0 Å². The van der Waals surface area contributed by atoms with Gasteiger partial charge in [0.15, 0.2) is 5.69 Å². The number of carboxylic acid groups (broad SMARTS) is 2. The number of H-pyrrole nitrogens is 1. The molecule has 2 aromatic rings. The second kappa shape index (κ2) is 5.27. The summed E-state index contributed by atoms with van der Waals surface area (Å²) in [7, 11) is 0. The van der Waals surface area contributed by atoms with Crippen molar-refractivity contribution >= 4 is 22.8 Å². The molecule has 0 fully saturated rings. The molecule has 0 saturated heterocycles. The van der Waals surface area contributed by atoms with Gasteiger partial charge in [0.25, 0.3) is 0 Å². The first-order chi connectivity index (χ1) is 9.40. The van der Waals surface area contributed by atoms with Crippen LogP contribution >= 0.6 is 0 Å². The molecule has 2 unspecified atom stereocenters. The Labute approximate surface area is 112 Å². The Hall–Kier alpha value is -2.45. The van der Waals surface area contributed by atoms with E-state index >= 15 is 0 Å². The van der Waals surface area contributed by atoms with Gasteiger partial charge in [0.05, 0.1) is 18.0 Å². The van der Waals surface area contributed by atoms with Gasteiger partial charge in [-0.15, -0.1) is 0 Å². The summed E-state index contributed by atoms with van der Waals surface area (Å²) >= 11 is 0. The molecule has 0 bridgehead atoms. The number of hydrogen-bond donors (Lipinski definition) is 5. The largest absolute Gasteiger partial charge is 0.481 e. The molecule has 0 amide bonds. The number of carbonyl (C=O) groups is 2. The monoisotopic (exact) mass is 280 g/mol. The van der Waals surface area contributed by atoms with Gasteiger partial charge >= 0.3 is 11.9 Å². The van der Waals surface area contributed by atoms with E-state index in [4.69, 9.17) is 10.2 Å². The van der Waals surface area contributed by atoms with Crippen molar-refractivity contribution in [3.63, 3.8) is 0 Å². The number of benzene rings is 1. The molecule has 20 heavy (non-hydrogen) atoms. The quantitative estimate of drug-likeness (QED) is 0.523. The van der Waals surface area contributed by atoms with Crippen molar-refractivity contribution in [3.05, 3.63) is 29.5 Å². The van der Waals surface area contributed by atoms with Gasteiger partial charge in [-0.05, 0) is 17.7 Å².